The zero-order valence-corrected chi connectivity index (χ0v) is 15.4. The Labute approximate surface area is 154 Å². The summed E-state index contributed by atoms with van der Waals surface area (Å²) in [6, 6.07) is 12.0. The van der Waals surface area contributed by atoms with Gasteiger partial charge in [0.05, 0.1) is 14.2 Å². The van der Waals surface area contributed by atoms with Crippen molar-refractivity contribution in [3.63, 3.8) is 0 Å². The third kappa shape index (κ3) is 3.90. The number of aryl methyl sites for hydroxylation is 2. The van der Waals surface area contributed by atoms with E-state index in [9.17, 15) is 4.79 Å². The molecule has 0 saturated carbocycles. The minimum Gasteiger partial charge on any atom is -0.493 e. The first kappa shape index (κ1) is 18.1. The Morgan fingerprint density at radius 1 is 1.04 bits per heavy atom. The number of amides is 1. The van der Waals surface area contributed by atoms with Crippen LogP contribution in [0, 0.1) is 0 Å². The van der Waals surface area contributed by atoms with Crippen LogP contribution in [0.1, 0.15) is 28.7 Å². The van der Waals surface area contributed by atoms with Crippen molar-refractivity contribution in [1.82, 2.24) is 5.32 Å². The number of carbonyl (C=O) groups excluding carboxylic acids is 1. The average Bonchev–Trinajstić information content (AvgIpc) is 3.14. The Morgan fingerprint density at radius 3 is 2.58 bits per heavy atom. The van der Waals surface area contributed by atoms with Gasteiger partial charge in [-0.25, -0.2) is 0 Å². The van der Waals surface area contributed by atoms with Gasteiger partial charge in [-0.05, 0) is 60.1 Å². The second-order valence-corrected chi connectivity index (χ2v) is 6.51. The summed E-state index contributed by atoms with van der Waals surface area (Å²) in [5.41, 5.74) is 5.25. The molecule has 1 aliphatic rings. The van der Waals surface area contributed by atoms with E-state index in [4.69, 9.17) is 9.47 Å². The van der Waals surface area contributed by atoms with Gasteiger partial charge < -0.3 is 14.8 Å². The minimum atomic E-state index is -0.122. The van der Waals surface area contributed by atoms with Crippen molar-refractivity contribution in [3.8, 4) is 11.5 Å². The second-order valence-electron chi connectivity index (χ2n) is 6.51. The molecule has 3 rings (SSSR count). The Morgan fingerprint density at radius 2 is 1.81 bits per heavy atom. The lowest BCUT2D eigenvalue weighted by molar-refractivity contribution is -0.115. The van der Waals surface area contributed by atoms with Crippen LogP contribution >= 0.6 is 0 Å². The Bertz CT molecular complexity index is 826. The van der Waals surface area contributed by atoms with Crippen LogP contribution in [0.2, 0.25) is 0 Å². The standard InChI is InChI=1S/C22H25NO3/c1-15(18-9-8-17-5-4-6-19(17)14-18)22(24)23-12-11-16-7-10-20(25-2)21(13-16)26-3/h7-10,13-14H,1,4-6,11-12H2,2-3H3,(H,23,24). The lowest BCUT2D eigenvalue weighted by Crippen LogP contribution is -2.26. The number of rotatable bonds is 7. The summed E-state index contributed by atoms with van der Waals surface area (Å²) in [5.74, 6) is 1.27. The van der Waals surface area contributed by atoms with E-state index in [-0.39, 0.29) is 5.91 Å². The molecule has 136 valence electrons. The first-order chi connectivity index (χ1) is 12.6. The molecular weight excluding hydrogens is 326 g/mol. The van der Waals surface area contributed by atoms with Gasteiger partial charge in [0.25, 0.3) is 5.91 Å². The number of carbonyl (C=O) groups is 1. The highest BCUT2D eigenvalue weighted by Gasteiger charge is 2.15. The number of nitrogens with one attached hydrogen (secondary N) is 1. The Hall–Kier alpha value is -2.75. The highest BCUT2D eigenvalue weighted by atomic mass is 16.5. The van der Waals surface area contributed by atoms with Crippen LogP contribution < -0.4 is 14.8 Å². The number of fused-ring (bicyclic) bond motifs is 1. The highest BCUT2D eigenvalue weighted by Crippen LogP contribution is 2.28. The van der Waals surface area contributed by atoms with Crippen molar-refractivity contribution < 1.29 is 14.3 Å². The molecular formula is C22H25NO3. The zero-order valence-electron chi connectivity index (χ0n) is 15.4. The summed E-state index contributed by atoms with van der Waals surface area (Å²) in [7, 11) is 3.23. The first-order valence-corrected chi connectivity index (χ1v) is 8.92. The molecule has 0 aliphatic heterocycles. The molecule has 0 fully saturated rings. The molecule has 0 radical (unpaired) electrons. The van der Waals surface area contributed by atoms with Gasteiger partial charge in [-0.2, -0.15) is 0 Å². The van der Waals surface area contributed by atoms with Crippen LogP contribution in [0.5, 0.6) is 11.5 Å². The molecule has 1 N–H and O–H groups in total. The van der Waals surface area contributed by atoms with E-state index in [0.717, 1.165) is 24.0 Å². The van der Waals surface area contributed by atoms with Crippen molar-refractivity contribution in [2.75, 3.05) is 20.8 Å². The monoisotopic (exact) mass is 351 g/mol. The smallest absolute Gasteiger partial charge is 0.251 e. The predicted molar refractivity (Wildman–Crippen MR) is 104 cm³/mol. The number of ether oxygens (including phenoxy) is 2. The highest BCUT2D eigenvalue weighted by molar-refractivity contribution is 6.18. The number of hydrogen-bond donors (Lipinski definition) is 1. The minimum absolute atomic E-state index is 0.122. The number of benzene rings is 2. The maximum Gasteiger partial charge on any atom is 0.251 e. The van der Waals surface area contributed by atoms with Gasteiger partial charge in [0.1, 0.15) is 0 Å². The summed E-state index contributed by atoms with van der Waals surface area (Å²) in [6.45, 7) is 4.52. The van der Waals surface area contributed by atoms with Crippen LogP contribution in [-0.4, -0.2) is 26.7 Å². The van der Waals surface area contributed by atoms with Crippen LogP contribution in [0.3, 0.4) is 0 Å². The fourth-order valence-corrected chi connectivity index (χ4v) is 3.35. The molecule has 2 aromatic rings. The molecule has 0 atom stereocenters. The molecule has 26 heavy (non-hydrogen) atoms. The van der Waals surface area contributed by atoms with E-state index >= 15 is 0 Å². The van der Waals surface area contributed by atoms with E-state index in [1.165, 1.54) is 17.5 Å². The summed E-state index contributed by atoms with van der Waals surface area (Å²) in [5, 5.41) is 2.95. The zero-order chi connectivity index (χ0) is 18.5. The van der Waals surface area contributed by atoms with Gasteiger partial charge >= 0.3 is 0 Å². The van der Waals surface area contributed by atoms with E-state index in [0.29, 0.717) is 30.0 Å². The summed E-state index contributed by atoms with van der Waals surface area (Å²) < 4.78 is 10.6. The van der Waals surface area contributed by atoms with Crippen molar-refractivity contribution in [3.05, 3.63) is 65.2 Å². The van der Waals surface area contributed by atoms with Gasteiger partial charge in [-0.3, -0.25) is 4.79 Å². The molecule has 4 nitrogen and oxygen atoms in total. The molecule has 0 saturated heterocycles. The Kier molecular flexibility index (Phi) is 5.61. The van der Waals surface area contributed by atoms with Gasteiger partial charge in [0, 0.05) is 12.1 Å². The third-order valence-corrected chi connectivity index (χ3v) is 4.87. The van der Waals surface area contributed by atoms with E-state index in [1.54, 1.807) is 14.2 Å². The largest absolute Gasteiger partial charge is 0.493 e. The summed E-state index contributed by atoms with van der Waals surface area (Å²) in [6.07, 6.45) is 4.14. The fraction of sp³-hybridized carbons (Fsp3) is 0.318. The molecule has 4 heteroatoms. The molecule has 0 unspecified atom stereocenters. The van der Waals surface area contributed by atoms with Crippen LogP contribution in [0.15, 0.2) is 43.0 Å². The molecule has 1 amide bonds. The fourth-order valence-electron chi connectivity index (χ4n) is 3.35. The SMILES string of the molecule is C=C(C(=O)NCCc1ccc(OC)c(OC)c1)c1ccc2c(c1)CCC2. The molecule has 0 bridgehead atoms. The van der Waals surface area contributed by atoms with Gasteiger partial charge in [-0.1, -0.05) is 30.8 Å². The molecule has 1 aliphatic carbocycles. The topological polar surface area (TPSA) is 47.6 Å². The van der Waals surface area contributed by atoms with Gasteiger partial charge in [0.2, 0.25) is 0 Å². The quantitative estimate of drug-likeness (QED) is 0.776. The van der Waals surface area contributed by atoms with Gasteiger partial charge in [-0.15, -0.1) is 0 Å². The number of methoxy groups -OCH3 is 2. The van der Waals surface area contributed by atoms with Crippen molar-refractivity contribution in [2.45, 2.75) is 25.7 Å². The second kappa shape index (κ2) is 8.09. The molecule has 0 spiro atoms. The maximum absolute atomic E-state index is 12.4. The molecule has 0 aromatic heterocycles. The molecule has 2 aromatic carbocycles. The van der Waals surface area contributed by atoms with Crippen molar-refractivity contribution in [2.24, 2.45) is 0 Å². The van der Waals surface area contributed by atoms with Crippen LogP contribution in [-0.2, 0) is 24.1 Å². The maximum atomic E-state index is 12.4. The summed E-state index contributed by atoms with van der Waals surface area (Å²) >= 11 is 0. The van der Waals surface area contributed by atoms with Crippen molar-refractivity contribution >= 4 is 11.5 Å². The average molecular weight is 351 g/mol. The van der Waals surface area contributed by atoms with E-state index < -0.39 is 0 Å². The van der Waals surface area contributed by atoms with Crippen molar-refractivity contribution in [1.29, 1.82) is 0 Å². The Balaban J connectivity index is 1.56. The first-order valence-electron chi connectivity index (χ1n) is 8.92. The van der Waals surface area contributed by atoms with E-state index in [2.05, 4.69) is 24.0 Å². The van der Waals surface area contributed by atoms with Gasteiger partial charge in [0.15, 0.2) is 11.5 Å². The van der Waals surface area contributed by atoms with E-state index in [1.807, 2.05) is 24.3 Å². The van der Waals surface area contributed by atoms with Crippen LogP contribution in [0.4, 0.5) is 0 Å². The lowest BCUT2D eigenvalue weighted by atomic mass is 10.0. The number of hydrogen-bond acceptors (Lipinski definition) is 3. The third-order valence-electron chi connectivity index (χ3n) is 4.87. The lowest BCUT2D eigenvalue weighted by Gasteiger charge is -2.11. The van der Waals surface area contributed by atoms with Crippen LogP contribution in [0.25, 0.3) is 5.57 Å². The normalized spacial score (nSPS) is 12.4. The molecule has 0 heterocycles. The predicted octanol–water partition coefficient (Wildman–Crippen LogP) is 3.56. The summed E-state index contributed by atoms with van der Waals surface area (Å²) in [4.78, 5) is 12.4.